The Labute approximate surface area is 220 Å². The van der Waals surface area contributed by atoms with Crippen molar-refractivity contribution in [1.82, 2.24) is 13.9 Å². The molecule has 2 aliphatic rings. The van der Waals surface area contributed by atoms with Crippen molar-refractivity contribution < 1.29 is 21.6 Å². The SMILES string of the molecule is Cc1ccc2c(c1)c1c(n2CCc2ccc(C)nc2)CC2CCC1N2S(=O)(=O)c1ccc(C(F)(F)F)cc1. The van der Waals surface area contributed by atoms with Crippen LogP contribution in [0.15, 0.2) is 65.7 Å². The number of halogens is 3. The summed E-state index contributed by atoms with van der Waals surface area (Å²) in [7, 11) is -3.98. The molecule has 9 heteroatoms. The lowest BCUT2D eigenvalue weighted by Crippen LogP contribution is -2.42. The minimum absolute atomic E-state index is 0.0994. The Balaban J connectivity index is 1.40. The van der Waals surface area contributed by atoms with Crippen molar-refractivity contribution >= 4 is 20.9 Å². The second kappa shape index (κ2) is 8.95. The molecule has 0 N–H and O–H groups in total. The first-order valence-electron chi connectivity index (χ1n) is 12.8. The molecule has 2 aromatic carbocycles. The molecule has 0 aliphatic carbocycles. The van der Waals surface area contributed by atoms with Gasteiger partial charge in [0.15, 0.2) is 0 Å². The van der Waals surface area contributed by atoms with Gasteiger partial charge in [0.25, 0.3) is 0 Å². The van der Waals surface area contributed by atoms with Crippen LogP contribution in [0.1, 0.15) is 52.5 Å². The Kier molecular flexibility index (Phi) is 5.92. The summed E-state index contributed by atoms with van der Waals surface area (Å²) in [4.78, 5) is 4.31. The fourth-order valence-electron chi connectivity index (χ4n) is 6.13. The first kappa shape index (κ1) is 25.1. The third-order valence-electron chi connectivity index (χ3n) is 7.93. The average Bonchev–Trinajstić information content (AvgIpc) is 3.36. The highest BCUT2D eigenvalue weighted by atomic mass is 32.2. The smallest absolute Gasteiger partial charge is 0.344 e. The predicted octanol–water partition coefficient (Wildman–Crippen LogP) is 6.37. The van der Waals surface area contributed by atoms with E-state index in [2.05, 4.69) is 33.8 Å². The number of aryl methyl sites for hydroxylation is 4. The zero-order valence-corrected chi connectivity index (χ0v) is 22.0. The maximum absolute atomic E-state index is 13.8. The van der Waals surface area contributed by atoms with Gasteiger partial charge >= 0.3 is 6.18 Å². The van der Waals surface area contributed by atoms with Gasteiger partial charge in [0.1, 0.15) is 0 Å². The van der Waals surface area contributed by atoms with E-state index in [0.717, 1.165) is 76.2 Å². The molecule has 0 amide bonds. The van der Waals surface area contributed by atoms with E-state index in [1.54, 1.807) is 4.31 Å². The van der Waals surface area contributed by atoms with Crippen LogP contribution in [0.25, 0.3) is 10.9 Å². The Morgan fingerprint density at radius 3 is 2.45 bits per heavy atom. The van der Waals surface area contributed by atoms with Crippen LogP contribution in [0.5, 0.6) is 0 Å². The molecule has 5 nitrogen and oxygen atoms in total. The molecule has 6 rings (SSSR count). The number of pyridine rings is 1. The zero-order valence-electron chi connectivity index (χ0n) is 21.2. The molecule has 2 bridgehead atoms. The second-order valence-corrected chi connectivity index (χ2v) is 12.2. The van der Waals surface area contributed by atoms with E-state index in [1.807, 2.05) is 26.1 Å². The summed E-state index contributed by atoms with van der Waals surface area (Å²) in [6.07, 6.45) is 0.169. The van der Waals surface area contributed by atoms with Crippen LogP contribution in [-0.2, 0) is 35.6 Å². The lowest BCUT2D eigenvalue weighted by molar-refractivity contribution is -0.137. The van der Waals surface area contributed by atoms with Crippen LogP contribution in [0.3, 0.4) is 0 Å². The minimum Gasteiger partial charge on any atom is -0.344 e. The largest absolute Gasteiger partial charge is 0.416 e. The lowest BCUT2D eigenvalue weighted by atomic mass is 9.98. The van der Waals surface area contributed by atoms with E-state index in [-0.39, 0.29) is 17.0 Å². The van der Waals surface area contributed by atoms with Crippen molar-refractivity contribution in [2.24, 2.45) is 0 Å². The number of hydrogen-bond donors (Lipinski definition) is 0. The van der Waals surface area contributed by atoms with Crippen molar-refractivity contribution in [3.63, 3.8) is 0 Å². The highest BCUT2D eigenvalue weighted by molar-refractivity contribution is 7.89. The van der Waals surface area contributed by atoms with E-state index >= 15 is 0 Å². The molecule has 2 atom stereocenters. The van der Waals surface area contributed by atoms with Gasteiger partial charge in [-0.2, -0.15) is 17.5 Å². The van der Waals surface area contributed by atoms with Gasteiger partial charge in [0.05, 0.1) is 16.5 Å². The minimum atomic E-state index is -4.52. The quantitative estimate of drug-likeness (QED) is 0.296. The topological polar surface area (TPSA) is 55.2 Å². The Hall–Kier alpha value is -3.17. The number of sulfonamides is 1. The Morgan fingerprint density at radius 1 is 1.00 bits per heavy atom. The van der Waals surface area contributed by atoms with Crippen LogP contribution < -0.4 is 0 Å². The molecule has 2 aromatic heterocycles. The van der Waals surface area contributed by atoms with E-state index in [4.69, 9.17) is 0 Å². The fourth-order valence-corrected chi connectivity index (χ4v) is 7.97. The highest BCUT2D eigenvalue weighted by Gasteiger charge is 2.49. The van der Waals surface area contributed by atoms with Crippen LogP contribution in [-0.4, -0.2) is 28.3 Å². The van der Waals surface area contributed by atoms with Crippen LogP contribution >= 0.6 is 0 Å². The van der Waals surface area contributed by atoms with Crippen molar-refractivity contribution in [2.45, 2.75) is 69.2 Å². The predicted molar refractivity (Wildman–Crippen MR) is 139 cm³/mol. The van der Waals surface area contributed by atoms with Gasteiger partial charge in [-0.3, -0.25) is 4.98 Å². The molecule has 2 aliphatic heterocycles. The van der Waals surface area contributed by atoms with Gasteiger partial charge in [-0.25, -0.2) is 8.42 Å². The fraction of sp³-hybridized carbons (Fsp3) is 0.345. The van der Waals surface area contributed by atoms with E-state index in [0.29, 0.717) is 19.3 Å². The summed E-state index contributed by atoms with van der Waals surface area (Å²) in [5.74, 6) is 0. The zero-order chi connectivity index (χ0) is 26.8. The average molecular weight is 540 g/mol. The summed E-state index contributed by atoms with van der Waals surface area (Å²) in [6.45, 7) is 4.74. The number of rotatable bonds is 5. The van der Waals surface area contributed by atoms with E-state index in [1.165, 1.54) is 0 Å². The molecular formula is C29H28F3N3O2S. The lowest BCUT2D eigenvalue weighted by Gasteiger charge is -2.35. The van der Waals surface area contributed by atoms with Gasteiger partial charge in [-0.1, -0.05) is 17.7 Å². The number of nitrogens with zero attached hydrogens (tertiary/aromatic N) is 3. The molecule has 1 saturated heterocycles. The molecule has 0 saturated carbocycles. The third kappa shape index (κ3) is 4.12. The monoisotopic (exact) mass is 539 g/mol. The van der Waals surface area contributed by atoms with Crippen molar-refractivity contribution in [2.75, 3.05) is 0 Å². The van der Waals surface area contributed by atoms with Crippen molar-refractivity contribution in [1.29, 1.82) is 0 Å². The summed E-state index contributed by atoms with van der Waals surface area (Å²) in [6, 6.07) is 13.7. The molecule has 0 spiro atoms. The van der Waals surface area contributed by atoms with E-state index < -0.39 is 21.8 Å². The Morgan fingerprint density at radius 2 is 1.76 bits per heavy atom. The number of benzene rings is 2. The standard InChI is InChI=1S/C29H28F3N3O2S/c1-18-3-11-25-24(15-18)28-26-12-8-22(16-27(28)34(25)14-13-20-5-4-19(2)33-17-20)35(26)38(36,37)23-9-6-21(7-10-23)29(30,31)32/h3-7,9-11,15,17,22,26H,8,12-14,16H2,1-2H3. The number of aromatic nitrogens is 2. The molecule has 0 radical (unpaired) electrons. The molecule has 1 fully saturated rings. The van der Waals surface area contributed by atoms with Gasteiger partial charge in [-0.05, 0) is 86.7 Å². The third-order valence-corrected chi connectivity index (χ3v) is 9.90. The van der Waals surface area contributed by atoms with Crippen LogP contribution in [0.2, 0.25) is 0 Å². The first-order chi connectivity index (χ1) is 18.0. The van der Waals surface area contributed by atoms with Crippen molar-refractivity contribution in [3.8, 4) is 0 Å². The summed E-state index contributed by atoms with van der Waals surface area (Å²) in [5.41, 5.74) is 5.63. The second-order valence-electron chi connectivity index (χ2n) is 10.4. The summed E-state index contributed by atoms with van der Waals surface area (Å²) < 4.78 is 70.7. The van der Waals surface area contributed by atoms with Crippen molar-refractivity contribution in [3.05, 3.63) is 94.4 Å². The van der Waals surface area contributed by atoms with Gasteiger partial charge in [0.2, 0.25) is 10.0 Å². The first-order valence-corrected chi connectivity index (χ1v) is 14.2. The molecule has 2 unspecified atom stereocenters. The number of hydrogen-bond acceptors (Lipinski definition) is 3. The van der Waals surface area contributed by atoms with Crippen LogP contribution in [0, 0.1) is 13.8 Å². The molecule has 4 aromatic rings. The summed E-state index contributed by atoms with van der Waals surface area (Å²) in [5, 5.41) is 1.06. The van der Waals surface area contributed by atoms with Gasteiger partial charge in [-0.15, -0.1) is 0 Å². The summed E-state index contributed by atoms with van der Waals surface area (Å²) >= 11 is 0. The molecule has 198 valence electrons. The number of fused-ring (bicyclic) bond motifs is 6. The van der Waals surface area contributed by atoms with E-state index in [9.17, 15) is 21.6 Å². The maximum Gasteiger partial charge on any atom is 0.416 e. The number of alkyl halides is 3. The van der Waals surface area contributed by atoms with Gasteiger partial charge < -0.3 is 4.57 Å². The Bertz CT molecular complexity index is 1630. The van der Waals surface area contributed by atoms with Gasteiger partial charge in [0, 0.05) is 47.5 Å². The highest BCUT2D eigenvalue weighted by Crippen LogP contribution is 2.50. The van der Waals surface area contributed by atoms with Crippen LogP contribution in [0.4, 0.5) is 13.2 Å². The molecule has 4 heterocycles. The normalized spacial score (nSPS) is 19.7. The molecule has 38 heavy (non-hydrogen) atoms. The molecular weight excluding hydrogens is 511 g/mol. The maximum atomic E-state index is 13.8.